The van der Waals surface area contributed by atoms with Crippen LogP contribution < -0.4 is 4.74 Å². The number of ketones is 5. The average molecular weight is 500 g/mol. The highest BCUT2D eigenvalue weighted by atomic mass is 16.5. The van der Waals surface area contributed by atoms with Crippen LogP contribution in [0.1, 0.15) is 56.1 Å². The SMILES string of the molecule is CC(=O)c1c(O)cc2c(c1O)C(C(C)=O)(C(C)=O)[C@](O)(C(C)=O)C(C(C)=O)(c1ccc(O)c(O)c1)O2. The van der Waals surface area contributed by atoms with Gasteiger partial charge in [0.2, 0.25) is 5.60 Å². The Hall–Kier alpha value is -4.25. The van der Waals surface area contributed by atoms with Crippen molar-refractivity contribution in [1.29, 1.82) is 0 Å². The van der Waals surface area contributed by atoms with Gasteiger partial charge in [0.05, 0.1) is 5.56 Å². The molecule has 190 valence electrons. The van der Waals surface area contributed by atoms with E-state index in [9.17, 15) is 49.5 Å². The van der Waals surface area contributed by atoms with Crippen LogP contribution in [0.4, 0.5) is 0 Å². The number of hydrogen-bond donors (Lipinski definition) is 5. The van der Waals surface area contributed by atoms with E-state index in [0.29, 0.717) is 0 Å². The fraction of sp³-hybridized carbons (Fsp3) is 0.320. The van der Waals surface area contributed by atoms with Crippen molar-refractivity contribution < 1.29 is 54.2 Å². The number of phenolic OH excluding ortho intramolecular Hbond substituents is 4. The average Bonchev–Trinajstić information content (AvgIpc) is 2.74. The number of aliphatic hydroxyl groups is 1. The summed E-state index contributed by atoms with van der Waals surface area (Å²) in [6, 6.07) is 3.50. The van der Waals surface area contributed by atoms with Crippen molar-refractivity contribution in [1.82, 2.24) is 0 Å². The van der Waals surface area contributed by atoms with Gasteiger partial charge in [-0.3, -0.25) is 24.0 Å². The van der Waals surface area contributed by atoms with Gasteiger partial charge in [-0.2, -0.15) is 0 Å². The first-order chi connectivity index (χ1) is 16.5. The largest absolute Gasteiger partial charge is 0.507 e. The van der Waals surface area contributed by atoms with Gasteiger partial charge in [-0.05, 0) is 46.8 Å². The Bertz CT molecular complexity index is 1360. The van der Waals surface area contributed by atoms with Crippen molar-refractivity contribution in [3.63, 3.8) is 0 Å². The van der Waals surface area contributed by atoms with Gasteiger partial charge >= 0.3 is 0 Å². The molecule has 0 fully saturated rings. The number of fused-ring (bicyclic) bond motifs is 1. The zero-order valence-corrected chi connectivity index (χ0v) is 20.0. The quantitative estimate of drug-likeness (QED) is 0.218. The molecule has 0 spiro atoms. The Morgan fingerprint density at radius 1 is 0.722 bits per heavy atom. The number of benzene rings is 2. The van der Waals surface area contributed by atoms with Crippen LogP contribution in [0.25, 0.3) is 0 Å². The van der Waals surface area contributed by atoms with Gasteiger partial charge in [0, 0.05) is 11.6 Å². The Morgan fingerprint density at radius 2 is 1.28 bits per heavy atom. The Labute approximate surface area is 204 Å². The first kappa shape index (κ1) is 26.4. The molecule has 2 aromatic carbocycles. The summed E-state index contributed by atoms with van der Waals surface area (Å²) >= 11 is 0. The molecule has 0 bridgehead atoms. The van der Waals surface area contributed by atoms with Gasteiger partial charge in [0.1, 0.15) is 22.8 Å². The van der Waals surface area contributed by atoms with Crippen molar-refractivity contribution in [2.45, 2.75) is 51.2 Å². The molecule has 3 rings (SSSR count). The molecule has 1 heterocycles. The molecule has 2 aromatic rings. The Morgan fingerprint density at radius 3 is 1.69 bits per heavy atom. The van der Waals surface area contributed by atoms with Crippen molar-refractivity contribution in [2.24, 2.45) is 0 Å². The maximum absolute atomic E-state index is 13.4. The van der Waals surface area contributed by atoms with Gasteiger partial charge in [0.25, 0.3) is 0 Å². The van der Waals surface area contributed by atoms with Crippen LogP contribution in [0.2, 0.25) is 0 Å². The second-order valence-electron chi connectivity index (χ2n) is 8.72. The minimum Gasteiger partial charge on any atom is -0.507 e. The molecule has 1 unspecified atom stereocenters. The number of phenols is 4. The van der Waals surface area contributed by atoms with Crippen LogP contribution in [-0.4, -0.2) is 60.0 Å². The second-order valence-corrected chi connectivity index (χ2v) is 8.72. The third kappa shape index (κ3) is 2.92. The molecule has 11 nitrogen and oxygen atoms in total. The second kappa shape index (κ2) is 8.16. The summed E-state index contributed by atoms with van der Waals surface area (Å²) in [5.74, 6) is -9.71. The lowest BCUT2D eigenvalue weighted by molar-refractivity contribution is -0.203. The lowest BCUT2D eigenvalue weighted by atomic mass is 9.51. The number of hydrogen-bond acceptors (Lipinski definition) is 11. The number of rotatable bonds is 6. The van der Waals surface area contributed by atoms with E-state index in [1.54, 1.807) is 0 Å². The van der Waals surface area contributed by atoms with Crippen LogP contribution in [-0.2, 0) is 30.2 Å². The van der Waals surface area contributed by atoms with Gasteiger partial charge in [-0.15, -0.1) is 0 Å². The van der Waals surface area contributed by atoms with E-state index in [2.05, 4.69) is 0 Å². The monoisotopic (exact) mass is 500 g/mol. The highest BCUT2D eigenvalue weighted by molar-refractivity contribution is 6.21. The van der Waals surface area contributed by atoms with Crippen LogP contribution in [0.5, 0.6) is 28.7 Å². The molecule has 5 N–H and O–H groups in total. The fourth-order valence-electron chi connectivity index (χ4n) is 5.27. The molecule has 1 aliphatic rings. The number of carbonyl (C=O) groups is 5. The zero-order chi connectivity index (χ0) is 27.5. The third-order valence-electron chi connectivity index (χ3n) is 6.73. The summed E-state index contributed by atoms with van der Waals surface area (Å²) in [7, 11) is 0. The molecule has 0 aliphatic carbocycles. The maximum Gasteiger partial charge on any atom is 0.229 e. The van der Waals surface area contributed by atoms with Crippen LogP contribution in [0, 0.1) is 0 Å². The van der Waals surface area contributed by atoms with E-state index in [4.69, 9.17) is 4.74 Å². The summed E-state index contributed by atoms with van der Waals surface area (Å²) in [6.45, 7) is 4.32. The van der Waals surface area contributed by atoms with Crippen LogP contribution in [0.3, 0.4) is 0 Å². The van der Waals surface area contributed by atoms with Crippen molar-refractivity contribution in [2.75, 3.05) is 0 Å². The van der Waals surface area contributed by atoms with Crippen molar-refractivity contribution in [3.8, 4) is 28.7 Å². The molecule has 0 radical (unpaired) electrons. The summed E-state index contributed by atoms with van der Waals surface area (Å²) in [4.78, 5) is 65.6. The van der Waals surface area contributed by atoms with E-state index < -0.39 is 91.0 Å². The molecule has 0 aromatic heterocycles. The van der Waals surface area contributed by atoms with Crippen LogP contribution >= 0.6 is 0 Å². The van der Waals surface area contributed by atoms with Crippen molar-refractivity contribution >= 4 is 28.9 Å². The zero-order valence-electron chi connectivity index (χ0n) is 20.0. The van der Waals surface area contributed by atoms with E-state index in [-0.39, 0.29) is 0 Å². The summed E-state index contributed by atoms with van der Waals surface area (Å²) in [6.07, 6.45) is 0. The molecule has 0 saturated carbocycles. The first-order valence-corrected chi connectivity index (χ1v) is 10.6. The van der Waals surface area contributed by atoms with Crippen molar-refractivity contribution in [3.05, 3.63) is 41.0 Å². The highest BCUT2D eigenvalue weighted by Gasteiger charge is 2.78. The normalized spacial score (nSPS) is 22.2. The molecule has 0 amide bonds. The molecule has 1 aliphatic heterocycles. The minimum absolute atomic E-state index is 0.435. The van der Waals surface area contributed by atoms with E-state index >= 15 is 0 Å². The van der Waals surface area contributed by atoms with Gasteiger partial charge in [-0.1, -0.05) is 6.07 Å². The molecular weight excluding hydrogens is 476 g/mol. The predicted molar refractivity (Wildman–Crippen MR) is 121 cm³/mol. The standard InChI is InChI=1S/C25H24O11/c1-10(26)20-18(33)9-19-21(22(20)34)23(11(2)27,12(3)28)25(35,14(5)30)24(36-19,13(4)29)15-6-7-16(31)17(32)8-15/h6-9,31-35H,1-5H3/t24?,25-/m1/s1. The Kier molecular flexibility index (Phi) is 5.97. The predicted octanol–water partition coefficient (Wildman–Crippen LogP) is 1.32. The summed E-state index contributed by atoms with van der Waals surface area (Å²) < 4.78 is 5.84. The van der Waals surface area contributed by atoms with E-state index in [1.165, 1.54) is 0 Å². The molecular formula is C25H24O11. The lowest BCUT2D eigenvalue weighted by Crippen LogP contribution is -2.78. The number of carbonyl (C=O) groups excluding carboxylic acids is 5. The fourth-order valence-corrected chi connectivity index (χ4v) is 5.27. The molecule has 11 heteroatoms. The smallest absolute Gasteiger partial charge is 0.229 e. The topological polar surface area (TPSA) is 196 Å². The van der Waals surface area contributed by atoms with Gasteiger partial charge in [0.15, 0.2) is 51.4 Å². The highest BCUT2D eigenvalue weighted by Crippen LogP contribution is 2.61. The first-order valence-electron chi connectivity index (χ1n) is 10.6. The van der Waals surface area contributed by atoms with Gasteiger partial charge < -0.3 is 30.3 Å². The number of ether oxygens (including phenoxy) is 1. The van der Waals surface area contributed by atoms with Gasteiger partial charge in [-0.25, -0.2) is 0 Å². The Balaban J connectivity index is 2.75. The molecule has 0 saturated heterocycles. The number of aromatic hydroxyl groups is 4. The third-order valence-corrected chi connectivity index (χ3v) is 6.73. The molecule has 2 atom stereocenters. The number of Topliss-reactive ketones (excluding diaryl/α,β-unsaturated/α-hetero) is 5. The molecule has 36 heavy (non-hydrogen) atoms. The van der Waals surface area contributed by atoms with E-state index in [1.807, 2.05) is 0 Å². The minimum atomic E-state index is -3.39. The van der Waals surface area contributed by atoms with Crippen LogP contribution in [0.15, 0.2) is 24.3 Å². The summed E-state index contributed by atoms with van der Waals surface area (Å²) in [5, 5.41) is 53.6. The lowest BCUT2D eigenvalue weighted by Gasteiger charge is -2.56. The maximum atomic E-state index is 13.4. The summed E-state index contributed by atoms with van der Waals surface area (Å²) in [5.41, 5.74) is -11.3. The van der Waals surface area contributed by atoms with E-state index in [0.717, 1.165) is 58.9 Å².